The molecule has 2 rings (SSSR count). The first kappa shape index (κ1) is 21.4. The van der Waals surface area contributed by atoms with Crippen LogP contribution in [0.1, 0.15) is 51.5 Å². The van der Waals surface area contributed by atoms with E-state index in [1.165, 1.54) is 24.5 Å². The molecule has 0 spiro atoms. The molecular formula is C20H30N2O4S. The van der Waals surface area contributed by atoms with Crippen molar-refractivity contribution in [2.75, 3.05) is 13.2 Å². The molecule has 1 aliphatic rings. The number of nitrogens with one attached hydrogen (secondary N) is 2. The smallest absolute Gasteiger partial charge is 0.241 e. The fourth-order valence-corrected chi connectivity index (χ4v) is 4.38. The van der Waals surface area contributed by atoms with E-state index in [9.17, 15) is 13.2 Å². The maximum atomic E-state index is 12.5. The second kappa shape index (κ2) is 9.90. The van der Waals surface area contributed by atoms with E-state index in [0.29, 0.717) is 18.9 Å². The van der Waals surface area contributed by atoms with Gasteiger partial charge in [0.1, 0.15) is 5.75 Å². The topological polar surface area (TPSA) is 84.5 Å². The van der Waals surface area contributed by atoms with Crippen LogP contribution in [-0.4, -0.2) is 33.5 Å². The summed E-state index contributed by atoms with van der Waals surface area (Å²) in [6, 6.07) is 3.83. The van der Waals surface area contributed by atoms with Crippen LogP contribution in [0.3, 0.4) is 0 Å². The van der Waals surface area contributed by atoms with Crippen molar-refractivity contribution in [1.82, 2.24) is 10.0 Å². The number of carbonyl (C=O) groups excluding carboxylic acids is 1. The van der Waals surface area contributed by atoms with Crippen LogP contribution in [0.15, 0.2) is 34.7 Å². The standard InChI is InChI=1S/C20H30N2O4S/c1-4-26-19-11-10-18(14-15(19)2)27(24,25)22-16(3)20(23)21-13-12-17-8-6-5-7-9-17/h8,10-11,14,16,22H,4-7,9,12-13H2,1-3H3,(H,21,23)/t16-/m1/s1. The third-order valence-corrected chi connectivity index (χ3v) is 6.15. The minimum absolute atomic E-state index is 0.121. The fraction of sp³-hybridized carbons (Fsp3) is 0.550. The van der Waals surface area contributed by atoms with E-state index in [4.69, 9.17) is 4.74 Å². The Kier molecular flexibility index (Phi) is 7.86. The molecule has 1 aromatic rings. The number of ether oxygens (including phenoxy) is 1. The number of hydrogen-bond acceptors (Lipinski definition) is 4. The van der Waals surface area contributed by atoms with Crippen LogP contribution >= 0.6 is 0 Å². The first-order valence-electron chi connectivity index (χ1n) is 9.55. The summed E-state index contributed by atoms with van der Waals surface area (Å²) in [6.45, 7) is 6.25. The number of hydrogen-bond donors (Lipinski definition) is 2. The van der Waals surface area contributed by atoms with Crippen molar-refractivity contribution in [3.05, 3.63) is 35.4 Å². The van der Waals surface area contributed by atoms with E-state index >= 15 is 0 Å². The Morgan fingerprint density at radius 1 is 1.30 bits per heavy atom. The molecule has 0 aromatic heterocycles. The van der Waals surface area contributed by atoms with Crippen LogP contribution in [0.2, 0.25) is 0 Å². The second-order valence-corrected chi connectivity index (χ2v) is 8.57. The van der Waals surface area contributed by atoms with Crippen molar-refractivity contribution < 1.29 is 17.9 Å². The molecule has 0 unspecified atom stereocenters. The molecule has 150 valence electrons. The lowest BCUT2D eigenvalue weighted by atomic mass is 9.97. The largest absolute Gasteiger partial charge is 0.494 e. The van der Waals surface area contributed by atoms with Gasteiger partial charge in [-0.2, -0.15) is 4.72 Å². The minimum Gasteiger partial charge on any atom is -0.494 e. The van der Waals surface area contributed by atoms with Gasteiger partial charge < -0.3 is 10.1 Å². The molecule has 1 aliphatic carbocycles. The van der Waals surface area contributed by atoms with Crippen LogP contribution in [0.5, 0.6) is 5.75 Å². The number of allylic oxidation sites excluding steroid dienone is 1. The third-order valence-electron chi connectivity index (χ3n) is 4.61. The van der Waals surface area contributed by atoms with Gasteiger partial charge in [0.15, 0.2) is 0 Å². The van der Waals surface area contributed by atoms with E-state index in [1.54, 1.807) is 26.0 Å². The molecule has 27 heavy (non-hydrogen) atoms. The van der Waals surface area contributed by atoms with Gasteiger partial charge in [-0.05, 0) is 76.6 Å². The van der Waals surface area contributed by atoms with Gasteiger partial charge in [-0.3, -0.25) is 4.79 Å². The van der Waals surface area contributed by atoms with Crippen LogP contribution < -0.4 is 14.8 Å². The van der Waals surface area contributed by atoms with Gasteiger partial charge >= 0.3 is 0 Å². The van der Waals surface area contributed by atoms with Crippen LogP contribution in [0, 0.1) is 6.92 Å². The zero-order valence-corrected chi connectivity index (χ0v) is 17.2. The number of aryl methyl sites for hydroxylation is 1. The lowest BCUT2D eigenvalue weighted by Crippen LogP contribution is -2.45. The maximum absolute atomic E-state index is 12.5. The van der Waals surface area contributed by atoms with E-state index < -0.39 is 16.1 Å². The summed E-state index contributed by atoms with van der Waals surface area (Å²) in [6.07, 6.45) is 7.71. The Morgan fingerprint density at radius 3 is 2.70 bits per heavy atom. The highest BCUT2D eigenvalue weighted by Gasteiger charge is 2.22. The van der Waals surface area contributed by atoms with E-state index in [0.717, 1.165) is 24.8 Å². The molecule has 6 nitrogen and oxygen atoms in total. The summed E-state index contributed by atoms with van der Waals surface area (Å²) in [4.78, 5) is 12.3. The monoisotopic (exact) mass is 394 g/mol. The molecule has 1 atom stereocenters. The lowest BCUT2D eigenvalue weighted by Gasteiger charge is -2.17. The van der Waals surface area contributed by atoms with Gasteiger partial charge in [-0.25, -0.2) is 8.42 Å². The molecule has 0 bridgehead atoms. The Bertz CT molecular complexity index is 787. The first-order valence-corrected chi connectivity index (χ1v) is 11.0. The highest BCUT2D eigenvalue weighted by atomic mass is 32.2. The quantitative estimate of drug-likeness (QED) is 0.631. The maximum Gasteiger partial charge on any atom is 0.241 e. The normalized spacial score (nSPS) is 15.7. The summed E-state index contributed by atoms with van der Waals surface area (Å²) < 4.78 is 33.0. The van der Waals surface area contributed by atoms with E-state index in [-0.39, 0.29) is 10.8 Å². The molecule has 0 saturated heterocycles. The summed E-state index contributed by atoms with van der Waals surface area (Å²) in [7, 11) is -3.78. The SMILES string of the molecule is CCOc1ccc(S(=O)(=O)N[C@H](C)C(=O)NCCC2=CCCCC2)cc1C. The van der Waals surface area contributed by atoms with Crippen molar-refractivity contribution in [2.45, 2.75) is 63.8 Å². The summed E-state index contributed by atoms with van der Waals surface area (Å²) in [5.74, 6) is 0.330. The molecule has 0 heterocycles. The van der Waals surface area contributed by atoms with Gasteiger partial charge in [0.05, 0.1) is 17.5 Å². The van der Waals surface area contributed by atoms with Crippen molar-refractivity contribution in [2.24, 2.45) is 0 Å². The van der Waals surface area contributed by atoms with Crippen LogP contribution in [0.4, 0.5) is 0 Å². The Labute approximate surface area is 162 Å². The first-order chi connectivity index (χ1) is 12.8. The predicted molar refractivity (Wildman–Crippen MR) is 106 cm³/mol. The third kappa shape index (κ3) is 6.36. The molecule has 1 amide bonds. The number of sulfonamides is 1. The average molecular weight is 395 g/mol. The lowest BCUT2D eigenvalue weighted by molar-refractivity contribution is -0.122. The summed E-state index contributed by atoms with van der Waals surface area (Å²) in [5.41, 5.74) is 2.11. The van der Waals surface area contributed by atoms with Crippen LogP contribution in [0.25, 0.3) is 0 Å². The average Bonchev–Trinajstić information content (AvgIpc) is 2.64. The van der Waals surface area contributed by atoms with Crippen molar-refractivity contribution in [3.63, 3.8) is 0 Å². The van der Waals surface area contributed by atoms with Crippen molar-refractivity contribution >= 4 is 15.9 Å². The van der Waals surface area contributed by atoms with Crippen molar-refractivity contribution in [1.29, 1.82) is 0 Å². The van der Waals surface area contributed by atoms with Gasteiger partial charge in [-0.1, -0.05) is 11.6 Å². The number of amides is 1. The van der Waals surface area contributed by atoms with Crippen LogP contribution in [-0.2, 0) is 14.8 Å². The van der Waals surface area contributed by atoms with Gasteiger partial charge in [0, 0.05) is 6.54 Å². The number of rotatable bonds is 9. The van der Waals surface area contributed by atoms with Crippen molar-refractivity contribution in [3.8, 4) is 5.75 Å². The molecular weight excluding hydrogens is 364 g/mol. The molecule has 0 aliphatic heterocycles. The number of carbonyl (C=O) groups is 1. The molecule has 0 saturated carbocycles. The second-order valence-electron chi connectivity index (χ2n) is 6.85. The Morgan fingerprint density at radius 2 is 2.07 bits per heavy atom. The molecule has 7 heteroatoms. The van der Waals surface area contributed by atoms with E-state index in [1.807, 2.05) is 6.92 Å². The Balaban J connectivity index is 1.90. The molecule has 0 radical (unpaired) electrons. The summed E-state index contributed by atoms with van der Waals surface area (Å²) >= 11 is 0. The highest BCUT2D eigenvalue weighted by Crippen LogP contribution is 2.22. The fourth-order valence-electron chi connectivity index (χ4n) is 3.09. The number of benzene rings is 1. The van der Waals surface area contributed by atoms with Gasteiger partial charge in [0.2, 0.25) is 15.9 Å². The molecule has 0 fully saturated rings. The van der Waals surface area contributed by atoms with Gasteiger partial charge in [0.25, 0.3) is 0 Å². The molecule has 1 aromatic carbocycles. The Hall–Kier alpha value is -1.86. The zero-order chi connectivity index (χ0) is 19.9. The highest BCUT2D eigenvalue weighted by molar-refractivity contribution is 7.89. The van der Waals surface area contributed by atoms with Gasteiger partial charge in [-0.15, -0.1) is 0 Å². The van der Waals surface area contributed by atoms with E-state index in [2.05, 4.69) is 16.1 Å². The summed E-state index contributed by atoms with van der Waals surface area (Å²) in [5, 5.41) is 2.81. The zero-order valence-electron chi connectivity index (χ0n) is 16.4. The minimum atomic E-state index is -3.78. The predicted octanol–water partition coefficient (Wildman–Crippen LogP) is 3.07. The molecule has 2 N–H and O–H groups in total.